The van der Waals surface area contributed by atoms with E-state index >= 15 is 0 Å². The Bertz CT molecular complexity index is 329. The van der Waals surface area contributed by atoms with Gasteiger partial charge in [-0.2, -0.15) is 0 Å². The summed E-state index contributed by atoms with van der Waals surface area (Å²) >= 11 is 3.38. The number of aromatic nitrogens is 1. The number of hydrogen-bond acceptors (Lipinski definition) is 1. The van der Waals surface area contributed by atoms with Gasteiger partial charge in [-0.1, -0.05) is 26.3 Å². The number of nitrogens with zero attached hydrogens (tertiary/aromatic N) is 1. The van der Waals surface area contributed by atoms with E-state index < -0.39 is 0 Å². The highest BCUT2D eigenvalue weighted by Gasteiger charge is 2.28. The summed E-state index contributed by atoms with van der Waals surface area (Å²) in [5.41, 5.74) is 1.92. The molecule has 0 aliphatic heterocycles. The molecule has 1 aromatic rings. The van der Waals surface area contributed by atoms with Gasteiger partial charge in [0.1, 0.15) is 4.60 Å². The zero-order valence-corrected chi connectivity index (χ0v) is 11.0. The van der Waals surface area contributed by atoms with Crippen LogP contribution in [0.3, 0.4) is 0 Å². The van der Waals surface area contributed by atoms with Crippen molar-refractivity contribution in [2.24, 2.45) is 5.41 Å². The van der Waals surface area contributed by atoms with Gasteiger partial charge in [0.25, 0.3) is 0 Å². The lowest BCUT2D eigenvalue weighted by molar-refractivity contribution is 0.219. The van der Waals surface area contributed by atoms with E-state index in [1.807, 2.05) is 6.20 Å². The molecule has 0 spiro atoms. The van der Waals surface area contributed by atoms with Crippen LogP contribution in [0, 0.1) is 5.41 Å². The molecule has 0 amide bonds. The van der Waals surface area contributed by atoms with E-state index in [2.05, 4.69) is 46.9 Å². The first-order valence-electron chi connectivity index (χ1n) is 5.68. The summed E-state index contributed by atoms with van der Waals surface area (Å²) in [6.45, 7) is 4.76. The van der Waals surface area contributed by atoms with Crippen LogP contribution in [0.4, 0.5) is 0 Å². The molecule has 1 saturated carbocycles. The molecular formula is C13H18BrN. The minimum Gasteiger partial charge on any atom is -0.249 e. The topological polar surface area (TPSA) is 12.9 Å². The Labute approximate surface area is 100 Å². The minimum absolute atomic E-state index is 0.510. The van der Waals surface area contributed by atoms with Crippen LogP contribution >= 0.6 is 15.9 Å². The molecule has 82 valence electrons. The molecule has 1 nitrogen and oxygen atoms in total. The molecule has 1 aromatic heterocycles. The van der Waals surface area contributed by atoms with Crippen molar-refractivity contribution in [1.82, 2.24) is 4.98 Å². The van der Waals surface area contributed by atoms with Crippen molar-refractivity contribution in [2.45, 2.75) is 45.4 Å². The van der Waals surface area contributed by atoms with Gasteiger partial charge in [0.15, 0.2) is 0 Å². The van der Waals surface area contributed by atoms with Gasteiger partial charge in [0, 0.05) is 6.20 Å². The summed E-state index contributed by atoms with van der Waals surface area (Å²) in [6, 6.07) is 4.26. The molecule has 0 aromatic carbocycles. The van der Waals surface area contributed by atoms with Gasteiger partial charge in [-0.3, -0.25) is 0 Å². The molecule has 1 heterocycles. The molecule has 1 aliphatic rings. The number of rotatable bonds is 1. The van der Waals surface area contributed by atoms with Gasteiger partial charge < -0.3 is 0 Å². The highest BCUT2D eigenvalue weighted by molar-refractivity contribution is 9.10. The van der Waals surface area contributed by atoms with Crippen LogP contribution in [0.15, 0.2) is 22.9 Å². The predicted octanol–water partition coefficient (Wildman–Crippen LogP) is 4.53. The molecule has 0 bridgehead atoms. The molecule has 0 N–H and O–H groups in total. The zero-order chi connectivity index (χ0) is 10.9. The molecule has 2 heteroatoms. The van der Waals surface area contributed by atoms with Crippen LogP contribution < -0.4 is 0 Å². The summed E-state index contributed by atoms with van der Waals surface area (Å²) in [6.07, 6.45) is 7.38. The molecule has 2 rings (SSSR count). The van der Waals surface area contributed by atoms with Gasteiger partial charge in [-0.25, -0.2) is 4.98 Å². The van der Waals surface area contributed by atoms with Crippen LogP contribution in [0.1, 0.15) is 51.0 Å². The van der Waals surface area contributed by atoms with E-state index in [1.54, 1.807) is 0 Å². The molecule has 15 heavy (non-hydrogen) atoms. The fourth-order valence-electron chi connectivity index (χ4n) is 2.61. The molecule has 0 saturated heterocycles. The monoisotopic (exact) mass is 267 g/mol. The summed E-state index contributed by atoms with van der Waals surface area (Å²) < 4.78 is 0.932. The molecular weight excluding hydrogens is 250 g/mol. The number of halogens is 1. The quantitative estimate of drug-likeness (QED) is 0.682. The van der Waals surface area contributed by atoms with Crippen LogP contribution in [-0.4, -0.2) is 4.98 Å². The fraction of sp³-hybridized carbons (Fsp3) is 0.615. The summed E-state index contributed by atoms with van der Waals surface area (Å²) in [5, 5.41) is 0. The predicted molar refractivity (Wildman–Crippen MR) is 66.9 cm³/mol. The molecule has 1 fully saturated rings. The van der Waals surface area contributed by atoms with Crippen molar-refractivity contribution >= 4 is 15.9 Å². The lowest BCUT2D eigenvalue weighted by Crippen LogP contribution is -2.21. The van der Waals surface area contributed by atoms with Crippen LogP contribution in [0.5, 0.6) is 0 Å². The second kappa shape index (κ2) is 4.25. The van der Waals surface area contributed by atoms with Crippen LogP contribution in [0.2, 0.25) is 0 Å². The van der Waals surface area contributed by atoms with E-state index in [4.69, 9.17) is 0 Å². The average Bonchev–Trinajstić information content (AvgIpc) is 2.17. The van der Waals surface area contributed by atoms with Gasteiger partial charge in [-0.15, -0.1) is 0 Å². The lowest BCUT2D eigenvalue weighted by Gasteiger charge is -2.35. The van der Waals surface area contributed by atoms with Gasteiger partial charge >= 0.3 is 0 Å². The Hall–Kier alpha value is -0.370. The maximum atomic E-state index is 4.32. The third-order valence-corrected chi connectivity index (χ3v) is 3.90. The summed E-state index contributed by atoms with van der Waals surface area (Å²) in [5.74, 6) is 0.717. The first-order chi connectivity index (χ1) is 7.07. The van der Waals surface area contributed by atoms with Crippen molar-refractivity contribution in [2.75, 3.05) is 0 Å². The Kier molecular flexibility index (Phi) is 3.15. The highest BCUT2D eigenvalue weighted by atomic mass is 79.9. The Morgan fingerprint density at radius 3 is 2.80 bits per heavy atom. The third kappa shape index (κ3) is 2.81. The number of pyridine rings is 1. The smallest absolute Gasteiger partial charge is 0.106 e. The van der Waals surface area contributed by atoms with E-state index in [1.165, 1.54) is 31.2 Å². The average molecular weight is 268 g/mol. The second-order valence-corrected chi connectivity index (χ2v) is 6.18. The summed E-state index contributed by atoms with van der Waals surface area (Å²) in [7, 11) is 0. The zero-order valence-electron chi connectivity index (χ0n) is 9.46. The second-order valence-electron chi connectivity index (χ2n) is 5.37. The Morgan fingerprint density at radius 2 is 2.20 bits per heavy atom. The maximum Gasteiger partial charge on any atom is 0.106 e. The highest BCUT2D eigenvalue weighted by Crippen LogP contribution is 2.43. The van der Waals surface area contributed by atoms with Crippen molar-refractivity contribution in [3.63, 3.8) is 0 Å². The normalized spacial score (nSPS) is 25.1. The SMILES string of the molecule is CC1(C)CCCC(c2ccc(Br)nc2)C1. The molecule has 1 unspecified atom stereocenters. The Balaban J connectivity index is 2.13. The van der Waals surface area contributed by atoms with Gasteiger partial charge in [0.05, 0.1) is 0 Å². The lowest BCUT2D eigenvalue weighted by atomic mass is 9.70. The standard InChI is InChI=1S/C13H18BrN/c1-13(2)7-3-4-10(8-13)11-5-6-12(14)15-9-11/h5-6,9-10H,3-4,7-8H2,1-2H3. The van der Waals surface area contributed by atoms with Crippen molar-refractivity contribution < 1.29 is 0 Å². The van der Waals surface area contributed by atoms with Crippen molar-refractivity contribution in [1.29, 1.82) is 0 Å². The fourth-order valence-corrected chi connectivity index (χ4v) is 2.85. The molecule has 1 atom stereocenters. The van der Waals surface area contributed by atoms with Crippen LogP contribution in [-0.2, 0) is 0 Å². The van der Waals surface area contributed by atoms with Gasteiger partial charge in [0.2, 0.25) is 0 Å². The molecule has 1 aliphatic carbocycles. The largest absolute Gasteiger partial charge is 0.249 e. The molecule has 0 radical (unpaired) electrons. The van der Waals surface area contributed by atoms with Crippen molar-refractivity contribution in [3.8, 4) is 0 Å². The van der Waals surface area contributed by atoms with E-state index in [0.717, 1.165) is 4.60 Å². The summed E-state index contributed by atoms with van der Waals surface area (Å²) in [4.78, 5) is 4.32. The third-order valence-electron chi connectivity index (χ3n) is 3.43. The van der Waals surface area contributed by atoms with Crippen LogP contribution in [0.25, 0.3) is 0 Å². The van der Waals surface area contributed by atoms with E-state index in [0.29, 0.717) is 11.3 Å². The van der Waals surface area contributed by atoms with E-state index in [9.17, 15) is 0 Å². The first-order valence-corrected chi connectivity index (χ1v) is 6.48. The Morgan fingerprint density at radius 1 is 1.40 bits per heavy atom. The van der Waals surface area contributed by atoms with Gasteiger partial charge in [-0.05, 0) is 58.2 Å². The van der Waals surface area contributed by atoms with E-state index in [-0.39, 0.29) is 0 Å². The number of hydrogen-bond donors (Lipinski definition) is 0. The van der Waals surface area contributed by atoms with Crippen molar-refractivity contribution in [3.05, 3.63) is 28.5 Å². The minimum atomic E-state index is 0.510. The maximum absolute atomic E-state index is 4.32. The first kappa shape index (κ1) is 11.1.